The fourth-order valence-corrected chi connectivity index (χ4v) is 4.20. The highest BCUT2D eigenvalue weighted by Gasteiger charge is 2.38. The first-order valence-electron chi connectivity index (χ1n) is 7.78. The molecule has 1 aromatic heterocycles. The molecule has 1 amide bonds. The lowest BCUT2D eigenvalue weighted by molar-refractivity contribution is -0.142. The second-order valence-electron chi connectivity index (χ2n) is 6.06. The molecule has 6 heteroatoms. The fourth-order valence-electron chi connectivity index (χ4n) is 3.20. The van der Waals surface area contributed by atoms with Crippen molar-refractivity contribution in [2.45, 2.75) is 26.3 Å². The number of nitrogens with zero attached hydrogens (tertiary/aromatic N) is 1. The lowest BCUT2D eigenvalue weighted by Crippen LogP contribution is -2.37. The zero-order valence-electron chi connectivity index (χ0n) is 13.5. The molecule has 0 saturated carbocycles. The molecule has 1 fully saturated rings. The average molecular weight is 347 g/mol. The molecule has 24 heavy (non-hydrogen) atoms. The molecular formula is C18H18FNO3S. The zero-order valence-corrected chi connectivity index (χ0v) is 14.3. The van der Waals surface area contributed by atoms with Crippen LogP contribution in [0.25, 0.3) is 11.1 Å². The number of benzene rings is 1. The van der Waals surface area contributed by atoms with Crippen LogP contribution in [0.4, 0.5) is 4.39 Å². The molecule has 126 valence electrons. The van der Waals surface area contributed by atoms with Gasteiger partial charge >= 0.3 is 5.97 Å². The molecule has 4 nitrogen and oxygen atoms in total. The topological polar surface area (TPSA) is 57.6 Å². The quantitative estimate of drug-likeness (QED) is 0.919. The summed E-state index contributed by atoms with van der Waals surface area (Å²) in [6.45, 7) is 4.17. The number of carboxylic acids is 1. The van der Waals surface area contributed by atoms with Crippen LogP contribution in [0.15, 0.2) is 30.3 Å². The number of amides is 1. The van der Waals surface area contributed by atoms with E-state index in [9.17, 15) is 19.1 Å². The van der Waals surface area contributed by atoms with Gasteiger partial charge in [0.1, 0.15) is 5.82 Å². The number of thiophene rings is 1. The van der Waals surface area contributed by atoms with Crippen LogP contribution >= 0.6 is 11.3 Å². The van der Waals surface area contributed by atoms with E-state index in [2.05, 4.69) is 0 Å². The summed E-state index contributed by atoms with van der Waals surface area (Å²) in [5.41, 5.74) is 1.77. The van der Waals surface area contributed by atoms with Gasteiger partial charge in [-0.3, -0.25) is 9.59 Å². The molecule has 2 unspecified atom stereocenters. The summed E-state index contributed by atoms with van der Waals surface area (Å²) < 4.78 is 13.1. The number of carbonyl (C=O) groups is 2. The summed E-state index contributed by atoms with van der Waals surface area (Å²) in [7, 11) is 0. The fraction of sp³-hybridized carbons (Fsp3) is 0.333. The van der Waals surface area contributed by atoms with Crippen LogP contribution in [-0.4, -0.2) is 34.5 Å². The predicted molar refractivity (Wildman–Crippen MR) is 90.7 cm³/mol. The molecule has 0 bridgehead atoms. The maximum Gasteiger partial charge on any atom is 0.308 e. The van der Waals surface area contributed by atoms with E-state index in [4.69, 9.17) is 0 Å². The van der Waals surface area contributed by atoms with Gasteiger partial charge in [-0.2, -0.15) is 0 Å². The molecule has 1 aliphatic heterocycles. The minimum atomic E-state index is -0.854. The number of hydrogen-bond donors (Lipinski definition) is 1. The Bertz CT molecular complexity index is 784. The molecule has 0 aliphatic carbocycles. The lowest BCUT2D eigenvalue weighted by Gasteiger charge is -2.22. The Balaban J connectivity index is 1.86. The van der Waals surface area contributed by atoms with Gasteiger partial charge in [0, 0.05) is 17.5 Å². The molecule has 2 aromatic rings. The van der Waals surface area contributed by atoms with Crippen molar-refractivity contribution in [3.63, 3.8) is 0 Å². The van der Waals surface area contributed by atoms with Gasteiger partial charge in [-0.05, 0) is 49.6 Å². The van der Waals surface area contributed by atoms with Gasteiger partial charge in [0.15, 0.2) is 0 Å². The Hall–Kier alpha value is -2.21. The molecule has 0 radical (unpaired) electrons. The standard InChI is InChI=1S/C18H18FNO3S/c1-10-14(18(22)23)7-8-20(10)17(21)16-9-15(11(2)24-16)12-3-5-13(19)6-4-12/h3-6,9-10,14H,7-8H2,1-2H3,(H,22,23). The molecule has 1 aliphatic rings. The van der Waals surface area contributed by atoms with Crippen LogP contribution in [0.2, 0.25) is 0 Å². The first-order valence-corrected chi connectivity index (χ1v) is 8.60. The van der Waals surface area contributed by atoms with Crippen LogP contribution in [0, 0.1) is 18.7 Å². The Morgan fingerprint density at radius 2 is 1.96 bits per heavy atom. The molecule has 1 saturated heterocycles. The van der Waals surface area contributed by atoms with Crippen LogP contribution < -0.4 is 0 Å². The van der Waals surface area contributed by atoms with Crippen LogP contribution in [0.5, 0.6) is 0 Å². The summed E-state index contributed by atoms with van der Waals surface area (Å²) in [6.07, 6.45) is 0.484. The van der Waals surface area contributed by atoms with Crippen molar-refractivity contribution < 1.29 is 19.1 Å². The minimum Gasteiger partial charge on any atom is -0.481 e. The summed E-state index contributed by atoms with van der Waals surface area (Å²) >= 11 is 1.39. The van der Waals surface area contributed by atoms with Gasteiger partial charge in [-0.15, -0.1) is 11.3 Å². The third kappa shape index (κ3) is 2.94. The monoisotopic (exact) mass is 347 g/mol. The first kappa shape index (κ1) is 16.6. The lowest BCUT2D eigenvalue weighted by atomic mass is 10.0. The van der Waals surface area contributed by atoms with Crippen molar-refractivity contribution in [2.24, 2.45) is 5.92 Å². The average Bonchev–Trinajstić information content (AvgIpc) is 3.11. The van der Waals surface area contributed by atoms with E-state index in [-0.39, 0.29) is 17.8 Å². The first-order chi connectivity index (χ1) is 11.4. The normalized spacial score (nSPS) is 20.4. The molecule has 2 heterocycles. The maximum atomic E-state index is 13.1. The van der Waals surface area contributed by atoms with Gasteiger partial charge in [-0.1, -0.05) is 12.1 Å². The van der Waals surface area contributed by atoms with E-state index >= 15 is 0 Å². The van der Waals surface area contributed by atoms with Crippen molar-refractivity contribution in [3.8, 4) is 11.1 Å². The summed E-state index contributed by atoms with van der Waals surface area (Å²) in [4.78, 5) is 27.2. The SMILES string of the molecule is Cc1sc(C(=O)N2CCC(C(=O)O)C2C)cc1-c1ccc(F)cc1. The van der Waals surface area contributed by atoms with Crippen molar-refractivity contribution in [1.82, 2.24) is 4.90 Å². The van der Waals surface area contributed by atoms with Gasteiger partial charge in [0.25, 0.3) is 5.91 Å². The van der Waals surface area contributed by atoms with Crippen LogP contribution in [0.3, 0.4) is 0 Å². The minimum absolute atomic E-state index is 0.132. The van der Waals surface area contributed by atoms with E-state index in [1.54, 1.807) is 24.0 Å². The third-order valence-corrected chi connectivity index (χ3v) is 5.66. The highest BCUT2D eigenvalue weighted by Crippen LogP contribution is 2.34. The number of likely N-dealkylation sites (tertiary alicyclic amines) is 1. The van der Waals surface area contributed by atoms with Crippen molar-refractivity contribution in [2.75, 3.05) is 6.54 Å². The molecule has 2 atom stereocenters. The third-order valence-electron chi connectivity index (χ3n) is 4.62. The van der Waals surface area contributed by atoms with Gasteiger partial charge in [-0.25, -0.2) is 4.39 Å². The summed E-state index contributed by atoms with van der Waals surface area (Å²) in [6, 6.07) is 7.68. The molecule has 0 spiro atoms. The van der Waals surface area contributed by atoms with Crippen molar-refractivity contribution in [1.29, 1.82) is 0 Å². The van der Waals surface area contributed by atoms with Gasteiger partial charge in [0.05, 0.1) is 10.8 Å². The highest BCUT2D eigenvalue weighted by molar-refractivity contribution is 7.14. The van der Waals surface area contributed by atoms with Crippen molar-refractivity contribution in [3.05, 3.63) is 45.9 Å². The van der Waals surface area contributed by atoms with E-state index in [1.165, 1.54) is 23.5 Å². The maximum absolute atomic E-state index is 13.1. The highest BCUT2D eigenvalue weighted by atomic mass is 32.1. The van der Waals surface area contributed by atoms with E-state index in [1.807, 2.05) is 13.0 Å². The Morgan fingerprint density at radius 1 is 1.29 bits per heavy atom. The van der Waals surface area contributed by atoms with Crippen molar-refractivity contribution >= 4 is 23.2 Å². The number of aliphatic carboxylic acids is 1. The van der Waals surface area contributed by atoms with E-state index in [0.717, 1.165) is 16.0 Å². The van der Waals surface area contributed by atoms with Crippen LogP contribution in [-0.2, 0) is 4.79 Å². The van der Waals surface area contributed by atoms with Gasteiger partial charge < -0.3 is 10.0 Å². The predicted octanol–water partition coefficient (Wildman–Crippen LogP) is 3.80. The molecule has 1 N–H and O–H groups in total. The molecule has 3 rings (SSSR count). The number of hydrogen-bond acceptors (Lipinski definition) is 3. The van der Waals surface area contributed by atoms with E-state index in [0.29, 0.717) is 17.8 Å². The Kier molecular flexibility index (Phi) is 4.41. The Morgan fingerprint density at radius 3 is 2.54 bits per heavy atom. The summed E-state index contributed by atoms with van der Waals surface area (Å²) in [5, 5.41) is 9.21. The number of carbonyl (C=O) groups excluding carboxylic acids is 1. The number of aryl methyl sites for hydroxylation is 1. The Labute approximate surface area is 143 Å². The van der Waals surface area contributed by atoms with Gasteiger partial charge in [0.2, 0.25) is 0 Å². The molecule has 1 aromatic carbocycles. The van der Waals surface area contributed by atoms with E-state index < -0.39 is 11.9 Å². The summed E-state index contributed by atoms with van der Waals surface area (Å²) in [5.74, 6) is -1.79. The van der Waals surface area contributed by atoms with Crippen LogP contribution in [0.1, 0.15) is 27.9 Å². The largest absolute Gasteiger partial charge is 0.481 e. The number of rotatable bonds is 3. The molecular weight excluding hydrogens is 329 g/mol. The number of halogens is 1. The second-order valence-corrected chi connectivity index (χ2v) is 7.32. The second kappa shape index (κ2) is 6.36. The smallest absolute Gasteiger partial charge is 0.308 e. The zero-order chi connectivity index (χ0) is 17.4. The number of carboxylic acid groups (broad SMARTS) is 1.